The Bertz CT molecular complexity index is 355. The van der Waals surface area contributed by atoms with Gasteiger partial charge in [0.05, 0.1) is 6.54 Å². The van der Waals surface area contributed by atoms with E-state index in [2.05, 4.69) is 16.0 Å². The van der Waals surface area contributed by atoms with Crippen LogP contribution in [0.5, 0.6) is 0 Å². The molecule has 1 atom stereocenters. The number of amides is 3. The van der Waals surface area contributed by atoms with Gasteiger partial charge in [-0.3, -0.25) is 4.79 Å². The minimum absolute atomic E-state index is 0.121. The molecule has 8 nitrogen and oxygen atoms in total. The van der Waals surface area contributed by atoms with Gasteiger partial charge in [0.25, 0.3) is 0 Å². The van der Waals surface area contributed by atoms with E-state index in [1.54, 1.807) is 4.90 Å². The van der Waals surface area contributed by atoms with E-state index < -0.39 is 18.0 Å². The Labute approximate surface area is 117 Å². The lowest BCUT2D eigenvalue weighted by molar-refractivity contribution is -0.139. The van der Waals surface area contributed by atoms with Gasteiger partial charge in [-0.25, -0.2) is 9.59 Å². The number of hydrogen-bond donors (Lipinski definition) is 4. The number of carboxylic acid groups (broad SMARTS) is 1. The molecule has 0 aromatic heterocycles. The topological polar surface area (TPSA) is 111 Å². The van der Waals surface area contributed by atoms with Crippen molar-refractivity contribution < 1.29 is 19.5 Å². The zero-order chi connectivity index (χ0) is 15.0. The van der Waals surface area contributed by atoms with Gasteiger partial charge in [-0.15, -0.1) is 0 Å². The van der Waals surface area contributed by atoms with Crippen molar-refractivity contribution in [2.75, 3.05) is 32.7 Å². The van der Waals surface area contributed by atoms with Crippen LogP contribution in [0, 0.1) is 0 Å². The van der Waals surface area contributed by atoms with E-state index in [-0.39, 0.29) is 12.5 Å². The highest BCUT2D eigenvalue weighted by molar-refractivity contribution is 5.86. The summed E-state index contributed by atoms with van der Waals surface area (Å²) in [7, 11) is 0. The molecular weight excluding hydrogens is 264 g/mol. The lowest BCUT2D eigenvalue weighted by atomic mass is 10.2. The molecule has 1 rings (SSSR count). The van der Waals surface area contributed by atoms with E-state index in [0.717, 1.165) is 13.1 Å². The molecule has 0 aliphatic carbocycles. The predicted octanol–water partition coefficient (Wildman–Crippen LogP) is -1.03. The first-order valence-electron chi connectivity index (χ1n) is 6.80. The van der Waals surface area contributed by atoms with Gasteiger partial charge in [-0.1, -0.05) is 13.3 Å². The number of carboxylic acids is 1. The monoisotopic (exact) mass is 286 g/mol. The van der Waals surface area contributed by atoms with Crippen molar-refractivity contribution in [2.24, 2.45) is 0 Å². The molecule has 0 spiro atoms. The number of piperazine rings is 1. The SMILES string of the molecule is CCC[C@H](NC(=O)NCC(=O)N1CCNCC1)C(=O)O. The van der Waals surface area contributed by atoms with Crippen LogP contribution in [0.1, 0.15) is 19.8 Å². The first-order chi connectivity index (χ1) is 9.54. The number of nitrogens with one attached hydrogen (secondary N) is 3. The number of nitrogens with zero attached hydrogens (tertiary/aromatic N) is 1. The third kappa shape index (κ3) is 5.43. The summed E-state index contributed by atoms with van der Waals surface area (Å²) < 4.78 is 0. The lowest BCUT2D eigenvalue weighted by Crippen LogP contribution is -2.52. The maximum Gasteiger partial charge on any atom is 0.326 e. The van der Waals surface area contributed by atoms with Crippen molar-refractivity contribution in [3.05, 3.63) is 0 Å². The van der Waals surface area contributed by atoms with Crippen molar-refractivity contribution >= 4 is 17.9 Å². The van der Waals surface area contributed by atoms with Gasteiger partial charge in [0.2, 0.25) is 5.91 Å². The molecule has 1 saturated heterocycles. The van der Waals surface area contributed by atoms with Crippen LogP contribution < -0.4 is 16.0 Å². The molecule has 1 heterocycles. The zero-order valence-corrected chi connectivity index (χ0v) is 11.6. The Kier molecular flexibility index (Phi) is 6.78. The summed E-state index contributed by atoms with van der Waals surface area (Å²) in [6.07, 6.45) is 1.01. The summed E-state index contributed by atoms with van der Waals surface area (Å²) >= 11 is 0. The first kappa shape index (κ1) is 16.2. The molecule has 0 saturated carbocycles. The third-order valence-corrected chi connectivity index (χ3v) is 3.05. The molecule has 0 bridgehead atoms. The van der Waals surface area contributed by atoms with Gasteiger partial charge in [0.1, 0.15) is 6.04 Å². The van der Waals surface area contributed by atoms with Crippen LogP contribution in [0.2, 0.25) is 0 Å². The summed E-state index contributed by atoms with van der Waals surface area (Å²) in [5.41, 5.74) is 0. The van der Waals surface area contributed by atoms with Crippen molar-refractivity contribution in [1.82, 2.24) is 20.9 Å². The molecule has 4 N–H and O–H groups in total. The highest BCUT2D eigenvalue weighted by Gasteiger charge is 2.20. The summed E-state index contributed by atoms with van der Waals surface area (Å²) in [5.74, 6) is -1.24. The van der Waals surface area contributed by atoms with E-state index in [0.29, 0.717) is 25.9 Å². The minimum atomic E-state index is -1.07. The minimum Gasteiger partial charge on any atom is -0.480 e. The molecule has 114 valence electrons. The zero-order valence-electron chi connectivity index (χ0n) is 11.6. The van der Waals surface area contributed by atoms with Gasteiger partial charge in [0.15, 0.2) is 0 Å². The van der Waals surface area contributed by atoms with Crippen molar-refractivity contribution in [3.8, 4) is 0 Å². The normalized spacial score (nSPS) is 16.4. The van der Waals surface area contributed by atoms with Gasteiger partial charge in [0, 0.05) is 26.2 Å². The maximum atomic E-state index is 11.8. The first-order valence-corrected chi connectivity index (χ1v) is 6.80. The number of rotatable bonds is 6. The second-order valence-electron chi connectivity index (χ2n) is 4.64. The largest absolute Gasteiger partial charge is 0.480 e. The fourth-order valence-corrected chi connectivity index (χ4v) is 1.94. The van der Waals surface area contributed by atoms with Crippen molar-refractivity contribution in [2.45, 2.75) is 25.8 Å². The average Bonchev–Trinajstić information content (AvgIpc) is 2.45. The predicted molar refractivity (Wildman–Crippen MR) is 72.3 cm³/mol. The van der Waals surface area contributed by atoms with E-state index in [4.69, 9.17) is 5.11 Å². The van der Waals surface area contributed by atoms with Gasteiger partial charge >= 0.3 is 12.0 Å². The third-order valence-electron chi connectivity index (χ3n) is 3.05. The number of urea groups is 1. The standard InChI is InChI=1S/C12H22N4O4/c1-2-3-9(11(18)19)15-12(20)14-8-10(17)16-6-4-13-5-7-16/h9,13H,2-8H2,1H3,(H,18,19)(H2,14,15,20)/t9-/m0/s1. The summed E-state index contributed by atoms with van der Waals surface area (Å²) in [5, 5.41) is 16.8. The quantitative estimate of drug-likeness (QED) is 0.499. The molecule has 8 heteroatoms. The maximum absolute atomic E-state index is 11.8. The number of hydrogen-bond acceptors (Lipinski definition) is 4. The summed E-state index contributed by atoms with van der Waals surface area (Å²) in [6.45, 7) is 4.45. The van der Waals surface area contributed by atoms with Crippen LogP contribution in [0.3, 0.4) is 0 Å². The van der Waals surface area contributed by atoms with Crippen LogP contribution in [0.25, 0.3) is 0 Å². The highest BCUT2D eigenvalue weighted by Crippen LogP contribution is 1.97. The van der Waals surface area contributed by atoms with Crippen LogP contribution >= 0.6 is 0 Å². The number of aliphatic carboxylic acids is 1. The molecular formula is C12H22N4O4. The van der Waals surface area contributed by atoms with Crippen LogP contribution in [-0.4, -0.2) is 66.7 Å². The van der Waals surface area contributed by atoms with Crippen molar-refractivity contribution in [3.63, 3.8) is 0 Å². The Morgan fingerprint density at radius 1 is 1.30 bits per heavy atom. The number of carbonyl (C=O) groups is 3. The van der Waals surface area contributed by atoms with Crippen LogP contribution in [0.4, 0.5) is 4.79 Å². The molecule has 3 amide bonds. The fraction of sp³-hybridized carbons (Fsp3) is 0.750. The smallest absolute Gasteiger partial charge is 0.326 e. The van der Waals surface area contributed by atoms with Crippen LogP contribution in [0.15, 0.2) is 0 Å². The average molecular weight is 286 g/mol. The second-order valence-corrected chi connectivity index (χ2v) is 4.64. The highest BCUT2D eigenvalue weighted by atomic mass is 16.4. The Hall–Kier alpha value is -1.83. The lowest BCUT2D eigenvalue weighted by Gasteiger charge is -2.27. The molecule has 1 aliphatic rings. The molecule has 0 aromatic rings. The van der Waals surface area contributed by atoms with E-state index in [1.165, 1.54) is 0 Å². The molecule has 20 heavy (non-hydrogen) atoms. The molecule has 1 aliphatic heterocycles. The molecule has 0 aromatic carbocycles. The van der Waals surface area contributed by atoms with Crippen LogP contribution in [-0.2, 0) is 9.59 Å². The Morgan fingerprint density at radius 3 is 2.50 bits per heavy atom. The van der Waals surface area contributed by atoms with Crippen molar-refractivity contribution in [1.29, 1.82) is 0 Å². The van der Waals surface area contributed by atoms with E-state index in [9.17, 15) is 14.4 Å². The summed E-state index contributed by atoms with van der Waals surface area (Å²) in [6, 6.07) is -1.55. The Morgan fingerprint density at radius 2 is 1.95 bits per heavy atom. The molecule has 0 radical (unpaired) electrons. The fourth-order valence-electron chi connectivity index (χ4n) is 1.94. The number of carbonyl (C=O) groups excluding carboxylic acids is 2. The van der Waals surface area contributed by atoms with E-state index in [1.807, 2.05) is 6.92 Å². The second kappa shape index (κ2) is 8.36. The molecule has 1 fully saturated rings. The van der Waals surface area contributed by atoms with Gasteiger partial charge < -0.3 is 26.0 Å². The van der Waals surface area contributed by atoms with Gasteiger partial charge in [-0.2, -0.15) is 0 Å². The van der Waals surface area contributed by atoms with E-state index >= 15 is 0 Å². The molecule has 0 unspecified atom stereocenters. The van der Waals surface area contributed by atoms with Gasteiger partial charge in [-0.05, 0) is 6.42 Å². The summed E-state index contributed by atoms with van der Waals surface area (Å²) in [4.78, 5) is 35.9. The Balaban J connectivity index is 2.30.